The van der Waals surface area contributed by atoms with Gasteiger partial charge in [0.15, 0.2) is 0 Å². The molecule has 3 rings (SSSR count). The van der Waals surface area contributed by atoms with Crippen LogP contribution in [0.1, 0.15) is 44.6 Å². The Kier molecular flexibility index (Phi) is 5.63. The number of benzene rings is 3. The van der Waals surface area contributed by atoms with E-state index in [1.807, 2.05) is 12.1 Å². The van der Waals surface area contributed by atoms with Gasteiger partial charge in [-0.3, -0.25) is 0 Å². The van der Waals surface area contributed by atoms with Crippen LogP contribution in [-0.2, 0) is 6.42 Å². The molecule has 24 heavy (non-hydrogen) atoms. The Morgan fingerprint density at radius 1 is 0.667 bits per heavy atom. The van der Waals surface area contributed by atoms with E-state index in [2.05, 4.69) is 43.3 Å². The van der Waals surface area contributed by atoms with Crippen LogP contribution in [0.3, 0.4) is 0 Å². The Morgan fingerprint density at radius 3 is 2.12 bits per heavy atom. The van der Waals surface area contributed by atoms with Crippen molar-refractivity contribution >= 4 is 10.8 Å². The summed E-state index contributed by atoms with van der Waals surface area (Å²) in [5, 5.41) is 2.53. The molecule has 1 heteroatoms. The highest BCUT2D eigenvalue weighted by Crippen LogP contribution is 2.26. The number of unbranched alkanes of at least 4 members (excludes halogenated alkanes) is 4. The molecule has 0 heterocycles. The van der Waals surface area contributed by atoms with Gasteiger partial charge in [0, 0.05) is 0 Å². The zero-order valence-corrected chi connectivity index (χ0v) is 14.4. The maximum Gasteiger partial charge on any atom is 0.123 e. The van der Waals surface area contributed by atoms with Crippen molar-refractivity contribution in [2.75, 3.05) is 0 Å². The first-order chi connectivity index (χ1) is 11.8. The summed E-state index contributed by atoms with van der Waals surface area (Å²) in [5.74, 6) is -0.192. The Bertz CT molecular complexity index is 787. The van der Waals surface area contributed by atoms with Crippen molar-refractivity contribution in [2.24, 2.45) is 0 Å². The lowest BCUT2D eigenvalue weighted by Gasteiger charge is -2.07. The minimum atomic E-state index is -0.192. The fraction of sp³-hybridized carbons (Fsp3) is 0.304. The van der Waals surface area contributed by atoms with Crippen LogP contribution in [0.4, 0.5) is 4.39 Å². The number of rotatable bonds is 7. The first-order valence-corrected chi connectivity index (χ1v) is 9.05. The van der Waals surface area contributed by atoms with Crippen molar-refractivity contribution in [2.45, 2.75) is 45.4 Å². The molecule has 3 aromatic carbocycles. The van der Waals surface area contributed by atoms with E-state index >= 15 is 0 Å². The topological polar surface area (TPSA) is 0 Å². The fourth-order valence-electron chi connectivity index (χ4n) is 3.21. The van der Waals surface area contributed by atoms with Crippen molar-refractivity contribution in [1.82, 2.24) is 0 Å². The molecule has 0 radical (unpaired) electrons. The number of hydrogen-bond donors (Lipinski definition) is 0. The average molecular weight is 320 g/mol. The normalized spacial score (nSPS) is 11.1. The highest BCUT2D eigenvalue weighted by Gasteiger charge is 2.02. The molecule has 0 saturated carbocycles. The Labute approximate surface area is 144 Å². The van der Waals surface area contributed by atoms with Gasteiger partial charge in [0.25, 0.3) is 0 Å². The third-order valence-corrected chi connectivity index (χ3v) is 4.65. The molecule has 0 aromatic heterocycles. The van der Waals surface area contributed by atoms with Gasteiger partial charge < -0.3 is 0 Å². The monoisotopic (exact) mass is 320 g/mol. The highest BCUT2D eigenvalue weighted by molar-refractivity contribution is 5.87. The highest BCUT2D eigenvalue weighted by atomic mass is 19.1. The van der Waals surface area contributed by atoms with Crippen LogP contribution in [0.5, 0.6) is 0 Å². The molecule has 3 aromatic rings. The molecule has 0 nitrogen and oxygen atoms in total. The molecule has 0 unspecified atom stereocenters. The summed E-state index contributed by atoms with van der Waals surface area (Å²) >= 11 is 0. The molecule has 0 aliphatic carbocycles. The Balaban J connectivity index is 1.72. The van der Waals surface area contributed by atoms with Gasteiger partial charge in [0.2, 0.25) is 0 Å². The summed E-state index contributed by atoms with van der Waals surface area (Å²) in [7, 11) is 0. The summed E-state index contributed by atoms with van der Waals surface area (Å²) in [6.45, 7) is 2.25. The fourth-order valence-corrected chi connectivity index (χ4v) is 3.21. The van der Waals surface area contributed by atoms with Crippen molar-refractivity contribution in [3.8, 4) is 11.1 Å². The van der Waals surface area contributed by atoms with E-state index in [9.17, 15) is 4.39 Å². The van der Waals surface area contributed by atoms with E-state index in [1.54, 1.807) is 0 Å². The van der Waals surface area contributed by atoms with Crippen LogP contribution in [0, 0.1) is 5.82 Å². The second-order valence-corrected chi connectivity index (χ2v) is 6.57. The first kappa shape index (κ1) is 16.7. The van der Waals surface area contributed by atoms with Gasteiger partial charge in [-0.1, -0.05) is 75.1 Å². The van der Waals surface area contributed by atoms with Crippen LogP contribution in [0.2, 0.25) is 0 Å². The van der Waals surface area contributed by atoms with Crippen LogP contribution in [0.25, 0.3) is 21.9 Å². The van der Waals surface area contributed by atoms with Crippen LogP contribution >= 0.6 is 0 Å². The van der Waals surface area contributed by atoms with Gasteiger partial charge in [-0.2, -0.15) is 0 Å². The second-order valence-electron chi connectivity index (χ2n) is 6.57. The van der Waals surface area contributed by atoms with E-state index in [-0.39, 0.29) is 5.82 Å². The summed E-state index contributed by atoms with van der Waals surface area (Å²) in [4.78, 5) is 0. The largest absolute Gasteiger partial charge is 0.207 e. The molecule has 0 aliphatic rings. The molecular formula is C23H25F. The quantitative estimate of drug-likeness (QED) is 0.405. The standard InChI is InChI=1S/C23H25F/c1-2-3-4-5-6-7-18-8-9-22-17-21(11-10-20(22)16-18)19-12-14-23(24)15-13-19/h8-17H,2-7H2,1H3. The van der Waals surface area contributed by atoms with E-state index in [4.69, 9.17) is 0 Å². The van der Waals surface area contributed by atoms with E-state index in [1.165, 1.54) is 67.0 Å². The molecule has 0 amide bonds. The average Bonchev–Trinajstić information content (AvgIpc) is 2.62. The maximum absolute atomic E-state index is 13.1. The van der Waals surface area contributed by atoms with Crippen LogP contribution in [-0.4, -0.2) is 0 Å². The molecule has 0 bridgehead atoms. The van der Waals surface area contributed by atoms with Gasteiger partial charge in [0.05, 0.1) is 0 Å². The summed E-state index contributed by atoms with van der Waals surface area (Å²) in [6.07, 6.45) is 7.77. The predicted octanol–water partition coefficient (Wildman–Crippen LogP) is 7.16. The lowest BCUT2D eigenvalue weighted by atomic mass is 9.98. The first-order valence-electron chi connectivity index (χ1n) is 9.05. The third kappa shape index (κ3) is 4.23. The van der Waals surface area contributed by atoms with Crippen molar-refractivity contribution < 1.29 is 4.39 Å². The van der Waals surface area contributed by atoms with Gasteiger partial charge in [-0.25, -0.2) is 4.39 Å². The SMILES string of the molecule is CCCCCCCc1ccc2cc(-c3ccc(F)cc3)ccc2c1. The molecule has 0 spiro atoms. The number of aryl methyl sites for hydroxylation is 1. The van der Waals surface area contributed by atoms with E-state index < -0.39 is 0 Å². The van der Waals surface area contributed by atoms with Crippen molar-refractivity contribution in [1.29, 1.82) is 0 Å². The molecule has 0 atom stereocenters. The van der Waals surface area contributed by atoms with Gasteiger partial charge in [0.1, 0.15) is 5.82 Å². The van der Waals surface area contributed by atoms with Gasteiger partial charge in [-0.15, -0.1) is 0 Å². The van der Waals surface area contributed by atoms with Crippen molar-refractivity contribution in [3.05, 3.63) is 72.0 Å². The summed E-state index contributed by atoms with van der Waals surface area (Å²) < 4.78 is 13.1. The lowest BCUT2D eigenvalue weighted by Crippen LogP contribution is -1.87. The second kappa shape index (κ2) is 8.10. The van der Waals surface area contributed by atoms with Gasteiger partial charge >= 0.3 is 0 Å². The van der Waals surface area contributed by atoms with E-state index in [0.717, 1.165) is 11.1 Å². The Hall–Kier alpha value is -2.15. The van der Waals surface area contributed by atoms with Crippen LogP contribution < -0.4 is 0 Å². The molecule has 124 valence electrons. The van der Waals surface area contributed by atoms with Gasteiger partial charge in [-0.05, 0) is 58.5 Å². The number of fused-ring (bicyclic) bond motifs is 1. The predicted molar refractivity (Wildman–Crippen MR) is 102 cm³/mol. The lowest BCUT2D eigenvalue weighted by molar-refractivity contribution is 0.628. The zero-order valence-electron chi connectivity index (χ0n) is 14.4. The zero-order chi connectivity index (χ0) is 16.8. The molecule has 0 fully saturated rings. The van der Waals surface area contributed by atoms with Crippen LogP contribution in [0.15, 0.2) is 60.7 Å². The number of halogens is 1. The van der Waals surface area contributed by atoms with E-state index in [0.29, 0.717) is 0 Å². The maximum atomic E-state index is 13.1. The van der Waals surface area contributed by atoms with Crippen molar-refractivity contribution in [3.63, 3.8) is 0 Å². The molecule has 0 aliphatic heterocycles. The smallest absolute Gasteiger partial charge is 0.123 e. The number of hydrogen-bond acceptors (Lipinski definition) is 0. The molecular weight excluding hydrogens is 295 g/mol. The minimum Gasteiger partial charge on any atom is -0.207 e. The summed E-state index contributed by atoms with van der Waals surface area (Å²) in [6, 6.07) is 20.0. The minimum absolute atomic E-state index is 0.192. The molecule has 0 saturated heterocycles. The Morgan fingerprint density at radius 2 is 1.33 bits per heavy atom. The third-order valence-electron chi connectivity index (χ3n) is 4.65. The summed E-state index contributed by atoms with van der Waals surface area (Å²) in [5.41, 5.74) is 3.61. The molecule has 0 N–H and O–H groups in total.